The summed E-state index contributed by atoms with van der Waals surface area (Å²) in [6.45, 7) is 3.78. The fraction of sp³-hybridized carbons (Fsp3) is 0.500. The molecule has 2 rings (SSSR count). The van der Waals surface area contributed by atoms with Crippen molar-refractivity contribution in [2.45, 2.75) is 0 Å². The molecule has 0 bridgehead atoms. The largest absolute Gasteiger partial charge is 0.397 e. The first-order valence-electron chi connectivity index (χ1n) is 6.05. The van der Waals surface area contributed by atoms with Gasteiger partial charge in [-0.25, -0.2) is 0 Å². The predicted molar refractivity (Wildman–Crippen MR) is 74.7 cm³/mol. The number of thioether (sulfide) groups is 1. The molecule has 98 valence electrons. The van der Waals surface area contributed by atoms with Crippen molar-refractivity contribution in [3.8, 4) is 0 Å². The van der Waals surface area contributed by atoms with E-state index in [0.717, 1.165) is 19.6 Å². The fourth-order valence-corrected chi connectivity index (χ4v) is 2.84. The van der Waals surface area contributed by atoms with E-state index in [-0.39, 0.29) is 5.91 Å². The number of nitrogen functional groups attached to an aromatic ring is 1. The molecule has 1 saturated heterocycles. The molecule has 2 heterocycles. The molecule has 0 spiro atoms. The number of nitrogens with zero attached hydrogens (tertiary/aromatic N) is 2. The Hall–Kier alpha value is -1.27. The highest BCUT2D eigenvalue weighted by atomic mass is 32.2. The lowest BCUT2D eigenvalue weighted by molar-refractivity contribution is 0.0949. The van der Waals surface area contributed by atoms with Crippen LogP contribution in [0.4, 0.5) is 5.69 Å². The second-order valence-corrected chi connectivity index (χ2v) is 5.40. The van der Waals surface area contributed by atoms with Crippen LogP contribution in [0.2, 0.25) is 0 Å². The van der Waals surface area contributed by atoms with E-state index < -0.39 is 0 Å². The summed E-state index contributed by atoms with van der Waals surface area (Å²) in [4.78, 5) is 18.1. The molecule has 3 N–H and O–H groups in total. The predicted octanol–water partition coefficient (Wildman–Crippen LogP) is 0.442. The van der Waals surface area contributed by atoms with Crippen LogP contribution in [0.25, 0.3) is 0 Å². The van der Waals surface area contributed by atoms with Crippen LogP contribution in [-0.4, -0.2) is 53.5 Å². The average molecular weight is 266 g/mol. The monoisotopic (exact) mass is 266 g/mol. The van der Waals surface area contributed by atoms with E-state index in [1.807, 2.05) is 11.8 Å². The molecule has 0 aliphatic carbocycles. The Bertz CT molecular complexity index is 407. The zero-order valence-corrected chi connectivity index (χ0v) is 11.1. The zero-order chi connectivity index (χ0) is 12.8. The maximum absolute atomic E-state index is 11.9. The van der Waals surface area contributed by atoms with Crippen molar-refractivity contribution < 1.29 is 4.79 Å². The van der Waals surface area contributed by atoms with Gasteiger partial charge in [-0.3, -0.25) is 14.7 Å². The van der Waals surface area contributed by atoms with E-state index >= 15 is 0 Å². The Kier molecular flexibility index (Phi) is 4.83. The van der Waals surface area contributed by atoms with Gasteiger partial charge in [-0.05, 0) is 6.07 Å². The average Bonchev–Trinajstić information content (AvgIpc) is 2.40. The van der Waals surface area contributed by atoms with Crippen molar-refractivity contribution >= 4 is 23.4 Å². The van der Waals surface area contributed by atoms with Crippen LogP contribution in [0.1, 0.15) is 10.4 Å². The molecule has 18 heavy (non-hydrogen) atoms. The Morgan fingerprint density at radius 2 is 2.28 bits per heavy atom. The van der Waals surface area contributed by atoms with E-state index in [2.05, 4.69) is 15.2 Å². The third kappa shape index (κ3) is 3.61. The van der Waals surface area contributed by atoms with E-state index in [1.54, 1.807) is 12.3 Å². The highest BCUT2D eigenvalue weighted by Crippen LogP contribution is 2.09. The molecule has 6 heteroatoms. The molecule has 0 radical (unpaired) electrons. The Balaban J connectivity index is 1.76. The lowest BCUT2D eigenvalue weighted by Crippen LogP contribution is -2.39. The molecule has 1 aromatic rings. The topological polar surface area (TPSA) is 71.2 Å². The number of nitrogens with one attached hydrogen (secondary N) is 1. The molecular weight excluding hydrogens is 248 g/mol. The summed E-state index contributed by atoms with van der Waals surface area (Å²) in [6.07, 6.45) is 3.07. The number of amides is 1. The second kappa shape index (κ2) is 6.61. The van der Waals surface area contributed by atoms with Gasteiger partial charge in [-0.1, -0.05) is 0 Å². The maximum atomic E-state index is 11.9. The van der Waals surface area contributed by atoms with Crippen molar-refractivity contribution in [3.63, 3.8) is 0 Å². The van der Waals surface area contributed by atoms with Gasteiger partial charge in [0.2, 0.25) is 0 Å². The van der Waals surface area contributed by atoms with Gasteiger partial charge in [-0.2, -0.15) is 11.8 Å². The van der Waals surface area contributed by atoms with Crippen molar-refractivity contribution in [1.82, 2.24) is 15.2 Å². The van der Waals surface area contributed by atoms with Crippen molar-refractivity contribution in [1.29, 1.82) is 0 Å². The molecule has 0 saturated carbocycles. The van der Waals surface area contributed by atoms with Crippen LogP contribution in [0.3, 0.4) is 0 Å². The molecule has 5 nitrogen and oxygen atoms in total. The van der Waals surface area contributed by atoms with Gasteiger partial charge in [0.25, 0.3) is 5.91 Å². The molecule has 0 aromatic carbocycles. The third-order valence-corrected chi connectivity index (χ3v) is 3.86. The number of hydrogen-bond acceptors (Lipinski definition) is 5. The van der Waals surface area contributed by atoms with Crippen molar-refractivity contribution in [3.05, 3.63) is 24.0 Å². The van der Waals surface area contributed by atoms with Crippen LogP contribution in [0.15, 0.2) is 18.5 Å². The van der Waals surface area contributed by atoms with E-state index in [1.165, 1.54) is 17.7 Å². The second-order valence-electron chi connectivity index (χ2n) is 4.17. The molecule has 1 amide bonds. The summed E-state index contributed by atoms with van der Waals surface area (Å²) in [5.74, 6) is 2.25. The highest BCUT2D eigenvalue weighted by Gasteiger charge is 2.12. The number of carbonyl (C=O) groups is 1. The summed E-state index contributed by atoms with van der Waals surface area (Å²) in [7, 11) is 0. The molecule has 0 unspecified atom stereocenters. The van der Waals surface area contributed by atoms with Crippen LogP contribution in [0, 0.1) is 0 Å². The number of aromatic nitrogens is 1. The molecule has 1 fully saturated rings. The number of rotatable bonds is 4. The lowest BCUT2D eigenvalue weighted by Gasteiger charge is -2.26. The third-order valence-electron chi connectivity index (χ3n) is 2.91. The first-order valence-corrected chi connectivity index (χ1v) is 7.20. The van der Waals surface area contributed by atoms with Gasteiger partial charge in [0.05, 0.1) is 17.4 Å². The first-order chi connectivity index (χ1) is 8.77. The fourth-order valence-electron chi connectivity index (χ4n) is 1.86. The van der Waals surface area contributed by atoms with Crippen molar-refractivity contribution in [2.75, 3.05) is 43.4 Å². The van der Waals surface area contributed by atoms with Crippen molar-refractivity contribution in [2.24, 2.45) is 0 Å². The Morgan fingerprint density at radius 1 is 1.50 bits per heavy atom. The number of carbonyl (C=O) groups excluding carboxylic acids is 1. The van der Waals surface area contributed by atoms with Gasteiger partial charge in [0, 0.05) is 43.9 Å². The number of hydrogen-bond donors (Lipinski definition) is 2. The molecular formula is C12H18N4OS. The molecule has 1 aromatic heterocycles. The Morgan fingerprint density at radius 3 is 3.00 bits per heavy atom. The smallest absolute Gasteiger partial charge is 0.253 e. The van der Waals surface area contributed by atoms with Gasteiger partial charge < -0.3 is 11.1 Å². The van der Waals surface area contributed by atoms with E-state index in [9.17, 15) is 4.79 Å². The summed E-state index contributed by atoms with van der Waals surface area (Å²) < 4.78 is 0. The zero-order valence-electron chi connectivity index (χ0n) is 10.3. The normalized spacial score (nSPS) is 16.4. The SMILES string of the molecule is Nc1cnccc1C(=O)NCCN1CCSCC1. The molecule has 0 atom stereocenters. The lowest BCUT2D eigenvalue weighted by atomic mass is 10.2. The first kappa shape index (κ1) is 13.2. The van der Waals surface area contributed by atoms with Crippen LogP contribution >= 0.6 is 11.8 Å². The minimum atomic E-state index is -0.124. The molecule has 1 aliphatic heterocycles. The highest BCUT2D eigenvalue weighted by molar-refractivity contribution is 7.99. The summed E-state index contributed by atoms with van der Waals surface area (Å²) in [5.41, 5.74) is 6.62. The maximum Gasteiger partial charge on any atom is 0.253 e. The number of anilines is 1. The van der Waals surface area contributed by atoms with Gasteiger partial charge in [0.1, 0.15) is 0 Å². The standard InChI is InChI=1S/C12H18N4OS/c13-11-9-14-2-1-10(11)12(17)15-3-4-16-5-7-18-8-6-16/h1-2,9H,3-8,13H2,(H,15,17). The Labute approximate surface area is 111 Å². The van der Waals surface area contributed by atoms with E-state index in [4.69, 9.17) is 5.73 Å². The molecule has 1 aliphatic rings. The van der Waals surface area contributed by atoms with Crippen LogP contribution in [-0.2, 0) is 0 Å². The minimum Gasteiger partial charge on any atom is -0.397 e. The van der Waals surface area contributed by atoms with Gasteiger partial charge in [0.15, 0.2) is 0 Å². The minimum absolute atomic E-state index is 0.124. The summed E-state index contributed by atoms with van der Waals surface area (Å²) in [5, 5.41) is 2.89. The quantitative estimate of drug-likeness (QED) is 0.827. The number of pyridine rings is 1. The van der Waals surface area contributed by atoms with Gasteiger partial charge in [-0.15, -0.1) is 0 Å². The number of nitrogens with two attached hydrogens (primary N) is 1. The summed E-state index contributed by atoms with van der Waals surface area (Å²) >= 11 is 1.98. The van der Waals surface area contributed by atoms with Crippen LogP contribution < -0.4 is 11.1 Å². The van der Waals surface area contributed by atoms with Gasteiger partial charge >= 0.3 is 0 Å². The van der Waals surface area contributed by atoms with E-state index in [0.29, 0.717) is 17.8 Å². The van der Waals surface area contributed by atoms with Crippen LogP contribution in [0.5, 0.6) is 0 Å². The summed E-state index contributed by atoms with van der Waals surface area (Å²) in [6, 6.07) is 1.64.